The van der Waals surface area contributed by atoms with Gasteiger partial charge in [0.1, 0.15) is 23.1 Å². The molecule has 0 bridgehead atoms. The summed E-state index contributed by atoms with van der Waals surface area (Å²) in [4.78, 5) is 15.4. The lowest BCUT2D eigenvalue weighted by molar-refractivity contribution is -0.138. The van der Waals surface area contributed by atoms with E-state index in [4.69, 9.17) is 9.47 Å². The molecule has 1 aromatic heterocycles. The molecule has 25 heavy (non-hydrogen) atoms. The zero-order chi connectivity index (χ0) is 18.0. The van der Waals surface area contributed by atoms with Crippen LogP contribution >= 0.6 is 0 Å². The molecule has 5 nitrogen and oxygen atoms in total. The number of benzene rings is 2. The van der Waals surface area contributed by atoms with E-state index >= 15 is 0 Å². The van der Waals surface area contributed by atoms with Crippen molar-refractivity contribution in [1.82, 2.24) is 4.98 Å². The van der Waals surface area contributed by atoms with Crippen LogP contribution in [0.1, 0.15) is 18.4 Å². The fourth-order valence-corrected chi connectivity index (χ4v) is 2.55. The number of ether oxygens (including phenoxy) is 2. The van der Waals surface area contributed by atoms with Crippen molar-refractivity contribution < 1.29 is 23.8 Å². The summed E-state index contributed by atoms with van der Waals surface area (Å²) in [7, 11) is 1.47. The van der Waals surface area contributed by atoms with Gasteiger partial charge in [0.2, 0.25) is 0 Å². The summed E-state index contributed by atoms with van der Waals surface area (Å²) in [5.74, 6) is -0.714. The summed E-state index contributed by atoms with van der Waals surface area (Å²) in [5.41, 5.74) is 1.16. The first-order valence-corrected chi connectivity index (χ1v) is 7.62. The Bertz CT molecular complexity index is 942. The Hall–Kier alpha value is -3.15. The number of halogens is 1. The van der Waals surface area contributed by atoms with Crippen molar-refractivity contribution in [2.45, 2.75) is 12.8 Å². The average Bonchev–Trinajstić information content (AvgIpc) is 2.61. The Labute approximate surface area is 143 Å². The molecule has 0 amide bonds. The zero-order valence-corrected chi connectivity index (χ0v) is 13.7. The van der Waals surface area contributed by atoms with Gasteiger partial charge in [-0.15, -0.1) is 0 Å². The molecule has 3 aromatic rings. The van der Waals surface area contributed by atoms with Gasteiger partial charge >= 0.3 is 5.97 Å². The molecule has 0 spiro atoms. The van der Waals surface area contributed by atoms with Crippen molar-refractivity contribution in [2.24, 2.45) is 0 Å². The maximum Gasteiger partial charge on any atom is 0.310 e. The minimum absolute atomic E-state index is 0.381. The number of methoxy groups -OCH3 is 1. The third-order valence-electron chi connectivity index (χ3n) is 3.93. The highest BCUT2D eigenvalue weighted by Crippen LogP contribution is 2.34. The number of pyridine rings is 1. The van der Waals surface area contributed by atoms with E-state index in [9.17, 15) is 14.3 Å². The topological polar surface area (TPSA) is 68.7 Å². The Balaban J connectivity index is 1.99. The lowest BCUT2D eigenvalue weighted by atomic mass is 10.0. The largest absolute Gasteiger partial charge is 0.496 e. The summed E-state index contributed by atoms with van der Waals surface area (Å²) in [6.45, 7) is 1.58. The third-order valence-corrected chi connectivity index (χ3v) is 3.93. The zero-order valence-electron chi connectivity index (χ0n) is 13.7. The second-order valence-electron chi connectivity index (χ2n) is 5.54. The van der Waals surface area contributed by atoms with Crippen molar-refractivity contribution in [1.29, 1.82) is 0 Å². The molecule has 1 atom stereocenters. The van der Waals surface area contributed by atoms with E-state index in [1.54, 1.807) is 43.5 Å². The van der Waals surface area contributed by atoms with Crippen LogP contribution in [-0.2, 0) is 4.79 Å². The molecule has 0 fully saturated rings. The van der Waals surface area contributed by atoms with Crippen molar-refractivity contribution in [3.63, 3.8) is 0 Å². The van der Waals surface area contributed by atoms with E-state index in [0.29, 0.717) is 33.7 Å². The van der Waals surface area contributed by atoms with Crippen LogP contribution in [0.4, 0.5) is 4.39 Å². The third kappa shape index (κ3) is 3.38. The second kappa shape index (κ2) is 6.76. The molecule has 0 aliphatic carbocycles. The predicted molar refractivity (Wildman–Crippen MR) is 90.8 cm³/mol. The van der Waals surface area contributed by atoms with Crippen molar-refractivity contribution >= 4 is 16.9 Å². The SMILES string of the molecule is COc1cc(Oc2ccnc3ccc(F)cc23)ccc1C(C)C(=O)O. The molecular formula is C19H16FNO4. The minimum Gasteiger partial charge on any atom is -0.496 e. The molecule has 1 N–H and O–H groups in total. The minimum atomic E-state index is -0.942. The number of aliphatic carboxylic acids is 1. The maximum atomic E-state index is 13.5. The van der Waals surface area contributed by atoms with E-state index in [0.717, 1.165) is 0 Å². The van der Waals surface area contributed by atoms with Crippen molar-refractivity contribution in [3.8, 4) is 17.2 Å². The van der Waals surface area contributed by atoms with Gasteiger partial charge in [-0.1, -0.05) is 6.07 Å². The normalized spacial score (nSPS) is 12.0. The number of rotatable bonds is 5. The van der Waals surface area contributed by atoms with Crippen LogP contribution in [0.15, 0.2) is 48.7 Å². The highest BCUT2D eigenvalue weighted by molar-refractivity contribution is 5.85. The highest BCUT2D eigenvalue weighted by atomic mass is 19.1. The van der Waals surface area contributed by atoms with E-state index in [2.05, 4.69) is 4.98 Å². The van der Waals surface area contributed by atoms with E-state index in [-0.39, 0.29) is 5.82 Å². The molecule has 1 unspecified atom stereocenters. The monoisotopic (exact) mass is 341 g/mol. The van der Waals surface area contributed by atoms with Crippen LogP contribution in [0, 0.1) is 5.82 Å². The molecule has 1 heterocycles. The smallest absolute Gasteiger partial charge is 0.310 e. The standard InChI is InChI=1S/C19H16FNO4/c1-11(19(22)23)14-5-4-13(10-18(14)24-2)25-17-7-8-21-16-6-3-12(20)9-15(16)17/h3-11H,1-2H3,(H,22,23). The van der Waals surface area contributed by atoms with Crippen LogP contribution in [0.25, 0.3) is 10.9 Å². The summed E-state index contributed by atoms with van der Waals surface area (Å²) in [6.07, 6.45) is 1.58. The molecule has 2 aromatic carbocycles. The predicted octanol–water partition coefficient (Wildman–Crippen LogP) is 4.36. The number of carboxylic acid groups (broad SMARTS) is 1. The van der Waals surface area contributed by atoms with Gasteiger partial charge in [-0.2, -0.15) is 0 Å². The second-order valence-corrected chi connectivity index (χ2v) is 5.54. The maximum absolute atomic E-state index is 13.5. The van der Waals surface area contributed by atoms with Gasteiger partial charge in [0.05, 0.1) is 18.5 Å². The molecule has 128 valence electrons. The van der Waals surface area contributed by atoms with E-state index in [1.807, 2.05) is 0 Å². The first kappa shape index (κ1) is 16.7. The number of hydrogen-bond donors (Lipinski definition) is 1. The Kier molecular flexibility index (Phi) is 4.52. The molecule has 0 aliphatic rings. The molecule has 6 heteroatoms. The Morgan fingerprint density at radius 1 is 1.16 bits per heavy atom. The lowest BCUT2D eigenvalue weighted by Gasteiger charge is -2.14. The number of hydrogen-bond acceptors (Lipinski definition) is 4. The number of aromatic nitrogens is 1. The van der Waals surface area contributed by atoms with Gasteiger partial charge in [-0.25, -0.2) is 4.39 Å². The van der Waals surface area contributed by atoms with E-state index in [1.165, 1.54) is 19.2 Å². The molecule has 0 radical (unpaired) electrons. The Morgan fingerprint density at radius 3 is 2.68 bits per heavy atom. The first-order chi connectivity index (χ1) is 12.0. The summed E-state index contributed by atoms with van der Waals surface area (Å²) in [6, 6.07) is 10.8. The number of carboxylic acids is 1. The van der Waals surface area contributed by atoms with Crippen LogP contribution in [0.3, 0.4) is 0 Å². The summed E-state index contributed by atoms with van der Waals surface area (Å²) < 4.78 is 24.7. The molecule has 3 rings (SSSR count). The molecule has 0 aliphatic heterocycles. The van der Waals surface area contributed by atoms with Gasteiger partial charge in [0.15, 0.2) is 0 Å². The van der Waals surface area contributed by atoms with Crippen molar-refractivity contribution in [3.05, 3.63) is 60.0 Å². The lowest BCUT2D eigenvalue weighted by Crippen LogP contribution is -2.08. The van der Waals surface area contributed by atoms with Crippen LogP contribution < -0.4 is 9.47 Å². The molecule has 0 saturated heterocycles. The fourth-order valence-electron chi connectivity index (χ4n) is 2.55. The van der Waals surface area contributed by atoms with Gasteiger partial charge in [-0.3, -0.25) is 9.78 Å². The van der Waals surface area contributed by atoms with Gasteiger partial charge < -0.3 is 14.6 Å². The van der Waals surface area contributed by atoms with Gasteiger partial charge in [0.25, 0.3) is 0 Å². The highest BCUT2D eigenvalue weighted by Gasteiger charge is 2.19. The van der Waals surface area contributed by atoms with Gasteiger partial charge in [-0.05, 0) is 37.3 Å². The van der Waals surface area contributed by atoms with Crippen molar-refractivity contribution in [2.75, 3.05) is 7.11 Å². The molecule has 0 saturated carbocycles. The average molecular weight is 341 g/mol. The first-order valence-electron chi connectivity index (χ1n) is 7.62. The number of carbonyl (C=O) groups is 1. The van der Waals surface area contributed by atoms with Crippen LogP contribution in [0.5, 0.6) is 17.2 Å². The Morgan fingerprint density at radius 2 is 1.96 bits per heavy atom. The molecular weight excluding hydrogens is 325 g/mol. The van der Waals surface area contributed by atoms with Crippen LogP contribution in [0.2, 0.25) is 0 Å². The fraction of sp³-hybridized carbons (Fsp3) is 0.158. The summed E-state index contributed by atoms with van der Waals surface area (Å²) in [5, 5.41) is 9.72. The van der Waals surface area contributed by atoms with Gasteiger partial charge in [0, 0.05) is 23.2 Å². The quantitative estimate of drug-likeness (QED) is 0.746. The van der Waals surface area contributed by atoms with E-state index < -0.39 is 11.9 Å². The number of fused-ring (bicyclic) bond motifs is 1. The summed E-state index contributed by atoms with van der Waals surface area (Å²) >= 11 is 0. The number of nitrogens with zero attached hydrogens (tertiary/aromatic N) is 1. The van der Waals surface area contributed by atoms with Crippen LogP contribution in [-0.4, -0.2) is 23.2 Å².